The molecule has 2 aromatic carbocycles. The number of rotatable bonds is 11. The van der Waals surface area contributed by atoms with Crippen molar-refractivity contribution in [3.05, 3.63) is 71.3 Å². The van der Waals surface area contributed by atoms with Gasteiger partial charge >= 0.3 is 0 Å². The smallest absolute Gasteiger partial charge is 0.243 e. The minimum Gasteiger partial charge on any atom is -0.352 e. The summed E-state index contributed by atoms with van der Waals surface area (Å²) >= 11 is 1.77. The van der Waals surface area contributed by atoms with Gasteiger partial charge in [0.1, 0.15) is 6.04 Å². The molecule has 1 aliphatic carbocycles. The van der Waals surface area contributed by atoms with Crippen LogP contribution in [-0.2, 0) is 21.9 Å². The van der Waals surface area contributed by atoms with Gasteiger partial charge in [0, 0.05) is 30.5 Å². The van der Waals surface area contributed by atoms with Crippen molar-refractivity contribution in [1.29, 1.82) is 0 Å². The molecular formula is C27H36N2O2S. The summed E-state index contributed by atoms with van der Waals surface area (Å²) in [6, 6.07) is 18.4. The molecule has 4 nitrogen and oxygen atoms in total. The third kappa shape index (κ3) is 7.40. The Morgan fingerprint density at radius 2 is 1.78 bits per heavy atom. The van der Waals surface area contributed by atoms with Gasteiger partial charge in [-0.3, -0.25) is 9.59 Å². The lowest BCUT2D eigenvalue weighted by Crippen LogP contribution is -2.51. The topological polar surface area (TPSA) is 49.4 Å². The molecule has 32 heavy (non-hydrogen) atoms. The van der Waals surface area contributed by atoms with Gasteiger partial charge in [0.2, 0.25) is 11.8 Å². The molecule has 1 unspecified atom stereocenters. The number of thioether (sulfide) groups is 1. The molecule has 1 N–H and O–H groups in total. The predicted octanol–water partition coefficient (Wildman–Crippen LogP) is 5.48. The number of nitrogens with zero attached hydrogens (tertiary/aromatic N) is 1. The first-order valence-electron chi connectivity index (χ1n) is 11.8. The zero-order chi connectivity index (χ0) is 22.8. The van der Waals surface area contributed by atoms with Gasteiger partial charge in [-0.2, -0.15) is 11.8 Å². The number of nitrogens with one attached hydrogen (secondary N) is 1. The highest BCUT2D eigenvalue weighted by Crippen LogP contribution is 2.20. The normalized spacial score (nSPS) is 14.8. The zero-order valence-electron chi connectivity index (χ0n) is 19.4. The van der Waals surface area contributed by atoms with Crippen molar-refractivity contribution in [2.45, 2.75) is 76.8 Å². The first-order valence-corrected chi connectivity index (χ1v) is 13.0. The molecule has 0 spiro atoms. The van der Waals surface area contributed by atoms with E-state index in [0.717, 1.165) is 35.5 Å². The SMILES string of the molecule is CCC(C(=O)NC1CCCC1)N(Cc1cccc(C)c1)C(=O)CCSCc1ccccc1. The minimum absolute atomic E-state index is 0.00246. The first-order chi connectivity index (χ1) is 15.6. The Kier molecular flexibility index (Phi) is 9.66. The fourth-order valence-electron chi connectivity index (χ4n) is 4.36. The van der Waals surface area contributed by atoms with Crippen LogP contribution in [0.5, 0.6) is 0 Å². The lowest BCUT2D eigenvalue weighted by molar-refractivity contribution is -0.141. The molecule has 1 fully saturated rings. The van der Waals surface area contributed by atoms with Gasteiger partial charge in [-0.25, -0.2) is 0 Å². The summed E-state index contributed by atoms with van der Waals surface area (Å²) in [4.78, 5) is 28.3. The van der Waals surface area contributed by atoms with Crippen LogP contribution in [0.1, 0.15) is 62.1 Å². The molecule has 2 amide bonds. The highest BCUT2D eigenvalue weighted by molar-refractivity contribution is 7.98. The van der Waals surface area contributed by atoms with Crippen molar-refractivity contribution in [3.63, 3.8) is 0 Å². The summed E-state index contributed by atoms with van der Waals surface area (Å²) in [6.45, 7) is 4.53. The summed E-state index contributed by atoms with van der Waals surface area (Å²) < 4.78 is 0. The van der Waals surface area contributed by atoms with E-state index < -0.39 is 6.04 Å². The van der Waals surface area contributed by atoms with E-state index in [0.29, 0.717) is 19.4 Å². The molecule has 0 heterocycles. The summed E-state index contributed by atoms with van der Waals surface area (Å²) in [5.74, 6) is 1.70. The lowest BCUT2D eigenvalue weighted by Gasteiger charge is -2.31. The number of hydrogen-bond donors (Lipinski definition) is 1. The van der Waals surface area contributed by atoms with Crippen LogP contribution in [0.3, 0.4) is 0 Å². The Hall–Kier alpha value is -2.27. The number of hydrogen-bond acceptors (Lipinski definition) is 3. The molecule has 1 atom stereocenters. The largest absolute Gasteiger partial charge is 0.352 e. The van der Waals surface area contributed by atoms with E-state index in [4.69, 9.17) is 0 Å². The van der Waals surface area contributed by atoms with Gasteiger partial charge in [-0.1, -0.05) is 79.9 Å². The second-order valence-corrected chi connectivity index (χ2v) is 9.82. The average molecular weight is 453 g/mol. The van der Waals surface area contributed by atoms with Gasteiger partial charge in [-0.15, -0.1) is 0 Å². The van der Waals surface area contributed by atoms with Crippen molar-refractivity contribution < 1.29 is 9.59 Å². The number of aryl methyl sites for hydroxylation is 1. The van der Waals surface area contributed by atoms with Gasteiger partial charge in [0.25, 0.3) is 0 Å². The molecule has 0 aromatic heterocycles. The maximum atomic E-state index is 13.3. The van der Waals surface area contributed by atoms with E-state index in [1.165, 1.54) is 18.4 Å². The van der Waals surface area contributed by atoms with Gasteiger partial charge in [0.05, 0.1) is 0 Å². The third-order valence-corrected chi connectivity index (χ3v) is 7.12. The molecule has 1 aliphatic rings. The Morgan fingerprint density at radius 1 is 1.06 bits per heavy atom. The first kappa shape index (κ1) is 24.4. The standard InChI is InChI=1S/C27H36N2O2S/c1-3-25(27(31)28-24-14-7-8-15-24)29(19-23-13-9-10-21(2)18-23)26(30)16-17-32-20-22-11-5-4-6-12-22/h4-6,9-13,18,24-25H,3,7-8,14-17,19-20H2,1-2H3,(H,28,31). The summed E-state index contributed by atoms with van der Waals surface area (Å²) in [7, 11) is 0. The number of carbonyl (C=O) groups excluding carboxylic acids is 2. The van der Waals surface area contributed by atoms with Crippen LogP contribution >= 0.6 is 11.8 Å². The molecule has 172 valence electrons. The van der Waals surface area contributed by atoms with Crippen molar-refractivity contribution in [3.8, 4) is 0 Å². The summed E-state index contributed by atoms with van der Waals surface area (Å²) in [5, 5.41) is 3.21. The second kappa shape index (κ2) is 12.7. The van der Waals surface area contributed by atoms with Crippen LogP contribution in [0.15, 0.2) is 54.6 Å². The molecule has 0 aliphatic heterocycles. The van der Waals surface area contributed by atoms with Crippen molar-refractivity contribution in [2.24, 2.45) is 0 Å². The molecule has 2 aromatic rings. The molecule has 0 saturated heterocycles. The molecule has 0 bridgehead atoms. The van der Waals surface area contributed by atoms with E-state index in [-0.39, 0.29) is 17.9 Å². The summed E-state index contributed by atoms with van der Waals surface area (Å²) in [5.41, 5.74) is 3.50. The minimum atomic E-state index is -0.428. The Bertz CT molecular complexity index is 865. The van der Waals surface area contributed by atoms with Gasteiger partial charge in [-0.05, 0) is 37.3 Å². The van der Waals surface area contributed by atoms with E-state index in [1.807, 2.05) is 42.2 Å². The number of carbonyl (C=O) groups is 2. The van der Waals surface area contributed by atoms with Crippen LogP contribution in [0, 0.1) is 6.92 Å². The van der Waals surface area contributed by atoms with Gasteiger partial charge < -0.3 is 10.2 Å². The van der Waals surface area contributed by atoms with E-state index in [2.05, 4.69) is 36.5 Å². The fourth-order valence-corrected chi connectivity index (χ4v) is 5.25. The highest BCUT2D eigenvalue weighted by atomic mass is 32.2. The Morgan fingerprint density at radius 3 is 2.47 bits per heavy atom. The third-order valence-electron chi connectivity index (χ3n) is 6.09. The van der Waals surface area contributed by atoms with Crippen LogP contribution in [-0.4, -0.2) is 34.6 Å². The molecular weight excluding hydrogens is 416 g/mol. The van der Waals surface area contributed by atoms with Crippen LogP contribution in [0.25, 0.3) is 0 Å². The van der Waals surface area contributed by atoms with Crippen LogP contribution in [0.2, 0.25) is 0 Å². The maximum Gasteiger partial charge on any atom is 0.243 e. The number of amides is 2. The molecule has 3 rings (SSSR count). The van der Waals surface area contributed by atoms with Crippen molar-refractivity contribution >= 4 is 23.6 Å². The zero-order valence-corrected chi connectivity index (χ0v) is 20.2. The van der Waals surface area contributed by atoms with Crippen LogP contribution < -0.4 is 5.32 Å². The van der Waals surface area contributed by atoms with Crippen molar-refractivity contribution in [1.82, 2.24) is 10.2 Å². The van der Waals surface area contributed by atoms with Gasteiger partial charge in [0.15, 0.2) is 0 Å². The summed E-state index contributed by atoms with van der Waals surface area (Å²) in [6.07, 6.45) is 5.50. The highest BCUT2D eigenvalue weighted by Gasteiger charge is 2.30. The monoisotopic (exact) mass is 452 g/mol. The van der Waals surface area contributed by atoms with E-state index >= 15 is 0 Å². The lowest BCUT2D eigenvalue weighted by atomic mass is 10.1. The maximum absolute atomic E-state index is 13.3. The Balaban J connectivity index is 1.65. The second-order valence-electron chi connectivity index (χ2n) is 8.71. The van der Waals surface area contributed by atoms with E-state index in [9.17, 15) is 9.59 Å². The Labute approximate surface area is 197 Å². The molecule has 1 saturated carbocycles. The van der Waals surface area contributed by atoms with E-state index in [1.54, 1.807) is 11.8 Å². The van der Waals surface area contributed by atoms with Crippen LogP contribution in [0.4, 0.5) is 0 Å². The molecule has 5 heteroatoms. The average Bonchev–Trinajstić information content (AvgIpc) is 3.30. The quantitative estimate of drug-likeness (QED) is 0.459. The molecule has 0 radical (unpaired) electrons. The van der Waals surface area contributed by atoms with Crippen molar-refractivity contribution in [2.75, 3.05) is 5.75 Å². The number of benzene rings is 2. The predicted molar refractivity (Wildman–Crippen MR) is 133 cm³/mol. The fraction of sp³-hybridized carbons (Fsp3) is 0.481.